The van der Waals surface area contributed by atoms with E-state index < -0.39 is 23.4 Å². The number of ether oxygens (including phenoxy) is 1. The third-order valence-corrected chi connectivity index (χ3v) is 9.26. The van der Waals surface area contributed by atoms with E-state index in [2.05, 4.69) is 53.7 Å². The standard InChI is InChI=1S/C23H19FN4O2.C22H17FN4O/c1-4-21(29)28-19-9-15(10-20(30-3)22(19)24)16-8-17-18(12-27-23(17)26-11-16)14-5-6-25-13(2)7-14;1-3-21(28)27-20-10-14(4-5-19(20)23)16-9-17-18(12-26-22(17)25-11-16)15-6-7-24-13(2)8-15/h4-12H,1H2,2-3H3,(H,26,27)(H,28,29);3-12H,1H2,2H3,(H,25,26)(H,27,28). The number of aryl methyl sites for hydroxylation is 2. The van der Waals surface area contributed by atoms with E-state index in [9.17, 15) is 18.4 Å². The topological polar surface area (TPSA) is 151 Å². The van der Waals surface area contributed by atoms with Gasteiger partial charge in [0.2, 0.25) is 11.8 Å². The van der Waals surface area contributed by atoms with Crippen LogP contribution in [0, 0.1) is 25.5 Å². The van der Waals surface area contributed by atoms with Gasteiger partial charge in [-0.2, -0.15) is 0 Å². The first kappa shape index (κ1) is 38.5. The predicted octanol–water partition coefficient (Wildman–Crippen LogP) is 9.74. The summed E-state index contributed by atoms with van der Waals surface area (Å²) in [6, 6.07) is 19.5. The number of hydrogen-bond donors (Lipinski definition) is 4. The number of anilines is 2. The van der Waals surface area contributed by atoms with E-state index in [-0.39, 0.29) is 17.1 Å². The number of methoxy groups -OCH3 is 1. The molecule has 13 heteroatoms. The molecule has 8 rings (SSSR count). The fourth-order valence-electron chi connectivity index (χ4n) is 6.40. The van der Waals surface area contributed by atoms with Crippen molar-refractivity contribution in [1.29, 1.82) is 0 Å². The minimum atomic E-state index is -0.653. The maximum Gasteiger partial charge on any atom is 0.247 e. The third kappa shape index (κ3) is 8.09. The van der Waals surface area contributed by atoms with Crippen LogP contribution in [-0.4, -0.2) is 48.8 Å². The molecule has 11 nitrogen and oxygen atoms in total. The number of hydrogen-bond acceptors (Lipinski definition) is 7. The van der Waals surface area contributed by atoms with Gasteiger partial charge in [-0.15, -0.1) is 0 Å². The van der Waals surface area contributed by atoms with Gasteiger partial charge in [0.25, 0.3) is 0 Å². The zero-order valence-corrected chi connectivity index (χ0v) is 31.7. The molecule has 0 saturated heterocycles. The lowest BCUT2D eigenvalue weighted by molar-refractivity contribution is -0.112. The fraction of sp³-hybridized carbons (Fsp3) is 0.0667. The van der Waals surface area contributed by atoms with Crippen LogP contribution in [0.25, 0.3) is 66.6 Å². The van der Waals surface area contributed by atoms with Crippen LogP contribution in [0.5, 0.6) is 5.75 Å². The summed E-state index contributed by atoms with van der Waals surface area (Å²) in [6.07, 6.45) is 12.9. The van der Waals surface area contributed by atoms with E-state index in [1.54, 1.807) is 49.1 Å². The Kier molecular flexibility index (Phi) is 11.0. The molecule has 0 aliphatic heterocycles. The summed E-state index contributed by atoms with van der Waals surface area (Å²) in [5.74, 6) is -2.12. The molecule has 6 aromatic heterocycles. The van der Waals surface area contributed by atoms with Gasteiger partial charge in [0, 0.05) is 81.6 Å². The van der Waals surface area contributed by atoms with Gasteiger partial charge in [-0.3, -0.25) is 19.6 Å². The monoisotopic (exact) mass is 774 g/mol. The number of aromatic nitrogens is 6. The maximum absolute atomic E-state index is 14.6. The Hall–Kier alpha value is -7.80. The minimum absolute atomic E-state index is 0.00778. The Morgan fingerprint density at radius 3 is 1.67 bits per heavy atom. The minimum Gasteiger partial charge on any atom is -0.494 e. The summed E-state index contributed by atoms with van der Waals surface area (Å²) in [4.78, 5) is 47.1. The number of benzene rings is 2. The smallest absolute Gasteiger partial charge is 0.247 e. The van der Waals surface area contributed by atoms with Crippen LogP contribution in [0.4, 0.5) is 20.2 Å². The van der Waals surface area contributed by atoms with Crippen LogP contribution in [0.1, 0.15) is 11.4 Å². The molecular formula is C45H36F2N8O3. The van der Waals surface area contributed by atoms with Gasteiger partial charge in [-0.1, -0.05) is 19.2 Å². The van der Waals surface area contributed by atoms with Crippen molar-refractivity contribution in [2.24, 2.45) is 0 Å². The molecule has 8 aromatic rings. The highest BCUT2D eigenvalue weighted by Crippen LogP contribution is 2.36. The van der Waals surface area contributed by atoms with Crippen molar-refractivity contribution >= 4 is 45.3 Å². The van der Waals surface area contributed by atoms with Gasteiger partial charge in [0.1, 0.15) is 17.1 Å². The Morgan fingerprint density at radius 2 is 1.16 bits per heavy atom. The lowest BCUT2D eigenvalue weighted by Crippen LogP contribution is -2.09. The van der Waals surface area contributed by atoms with Gasteiger partial charge in [-0.25, -0.2) is 18.7 Å². The molecule has 0 aliphatic rings. The number of nitrogens with one attached hydrogen (secondary N) is 4. The normalized spacial score (nSPS) is 10.8. The van der Waals surface area contributed by atoms with E-state index in [1.165, 1.54) is 13.2 Å². The highest BCUT2D eigenvalue weighted by molar-refractivity contribution is 6.01. The summed E-state index contributed by atoms with van der Waals surface area (Å²) in [5, 5.41) is 6.82. The number of nitrogens with zero attached hydrogens (tertiary/aromatic N) is 4. The quantitative estimate of drug-likeness (QED) is 0.107. The van der Waals surface area contributed by atoms with Gasteiger partial charge in [-0.05, 0) is 109 Å². The largest absolute Gasteiger partial charge is 0.494 e. The Balaban J connectivity index is 0.000000177. The van der Waals surface area contributed by atoms with E-state index in [4.69, 9.17) is 4.74 Å². The molecule has 0 aliphatic carbocycles. The number of aromatic amines is 2. The van der Waals surface area contributed by atoms with Gasteiger partial charge >= 0.3 is 0 Å². The van der Waals surface area contributed by atoms with E-state index in [1.807, 2.05) is 62.6 Å². The van der Waals surface area contributed by atoms with Gasteiger partial charge in [0.15, 0.2) is 11.6 Å². The summed E-state index contributed by atoms with van der Waals surface area (Å²) >= 11 is 0. The molecule has 0 atom stereocenters. The molecule has 288 valence electrons. The van der Waals surface area contributed by atoms with E-state index in [0.717, 1.165) is 84.6 Å². The summed E-state index contributed by atoms with van der Waals surface area (Å²) in [7, 11) is 1.37. The van der Waals surface area contributed by atoms with Crippen LogP contribution >= 0.6 is 0 Å². The van der Waals surface area contributed by atoms with Crippen LogP contribution < -0.4 is 15.4 Å². The van der Waals surface area contributed by atoms with Crippen molar-refractivity contribution in [2.75, 3.05) is 17.7 Å². The SMILES string of the molecule is C=CC(=O)Nc1cc(-c2cnc3[nH]cc(-c4ccnc(C)c4)c3c2)cc(OC)c1F.C=CC(=O)Nc1cc(-c2cnc3[nH]cc(-c4ccnc(C)c4)c3c2)ccc1F. The molecule has 0 bridgehead atoms. The predicted molar refractivity (Wildman–Crippen MR) is 223 cm³/mol. The molecule has 6 heterocycles. The number of halogens is 2. The van der Waals surface area contributed by atoms with E-state index in [0.29, 0.717) is 5.56 Å². The van der Waals surface area contributed by atoms with Crippen molar-refractivity contribution in [1.82, 2.24) is 29.9 Å². The second-order valence-corrected chi connectivity index (χ2v) is 13.1. The molecule has 2 amide bonds. The maximum atomic E-state index is 14.6. The zero-order chi connectivity index (χ0) is 40.9. The summed E-state index contributed by atoms with van der Waals surface area (Å²) in [5.41, 5.74) is 10.5. The molecular weight excluding hydrogens is 739 g/mol. The Morgan fingerprint density at radius 1 is 0.638 bits per heavy atom. The lowest BCUT2D eigenvalue weighted by atomic mass is 10.0. The van der Waals surface area contributed by atoms with Crippen molar-refractivity contribution < 1.29 is 23.1 Å². The third-order valence-electron chi connectivity index (χ3n) is 9.26. The van der Waals surface area contributed by atoms with Crippen molar-refractivity contribution in [3.63, 3.8) is 0 Å². The zero-order valence-electron chi connectivity index (χ0n) is 31.7. The van der Waals surface area contributed by atoms with Gasteiger partial charge < -0.3 is 25.3 Å². The Bertz CT molecular complexity index is 2880. The molecule has 2 aromatic carbocycles. The Labute approximate surface area is 331 Å². The first-order valence-corrected chi connectivity index (χ1v) is 17.9. The van der Waals surface area contributed by atoms with Crippen molar-refractivity contribution in [3.8, 4) is 50.3 Å². The number of amides is 2. The van der Waals surface area contributed by atoms with E-state index >= 15 is 0 Å². The molecule has 0 unspecified atom stereocenters. The van der Waals surface area contributed by atoms with Crippen LogP contribution in [0.3, 0.4) is 0 Å². The first-order chi connectivity index (χ1) is 28.0. The molecule has 0 saturated carbocycles. The van der Waals surface area contributed by atoms with Crippen molar-refractivity contribution in [2.45, 2.75) is 13.8 Å². The molecule has 58 heavy (non-hydrogen) atoms. The molecule has 0 spiro atoms. The molecule has 4 N–H and O–H groups in total. The number of carbonyl (C=O) groups is 2. The number of rotatable bonds is 9. The van der Waals surface area contributed by atoms with Gasteiger partial charge in [0.05, 0.1) is 18.5 Å². The number of fused-ring (bicyclic) bond motifs is 2. The van der Waals surface area contributed by atoms with Crippen LogP contribution in [-0.2, 0) is 9.59 Å². The molecule has 0 radical (unpaired) electrons. The molecule has 0 fully saturated rings. The first-order valence-electron chi connectivity index (χ1n) is 17.9. The average Bonchev–Trinajstić information content (AvgIpc) is 3.86. The number of carbonyl (C=O) groups excluding carboxylic acids is 2. The van der Waals surface area contributed by atoms with Crippen molar-refractivity contribution in [3.05, 3.63) is 152 Å². The fourth-order valence-corrected chi connectivity index (χ4v) is 6.40. The van der Waals surface area contributed by atoms with Crippen LogP contribution in [0.2, 0.25) is 0 Å². The lowest BCUT2D eigenvalue weighted by Gasteiger charge is -2.12. The second-order valence-electron chi connectivity index (χ2n) is 13.1. The highest BCUT2D eigenvalue weighted by atomic mass is 19.1. The summed E-state index contributed by atoms with van der Waals surface area (Å²) in [6.45, 7) is 10.7. The number of pyridine rings is 4. The summed E-state index contributed by atoms with van der Waals surface area (Å²) < 4.78 is 33.8. The second kappa shape index (κ2) is 16.5. The van der Waals surface area contributed by atoms with Crippen LogP contribution in [0.15, 0.2) is 129 Å². The highest BCUT2D eigenvalue weighted by Gasteiger charge is 2.17. The number of H-pyrrole nitrogens is 2. The average molecular weight is 775 g/mol.